The van der Waals surface area contributed by atoms with Crippen molar-refractivity contribution in [2.75, 3.05) is 13.1 Å². The number of aromatic nitrogens is 3. The molecule has 1 aliphatic carbocycles. The van der Waals surface area contributed by atoms with Crippen LogP contribution in [0, 0.1) is 11.8 Å². The van der Waals surface area contributed by atoms with Gasteiger partial charge >= 0.3 is 6.36 Å². The number of likely N-dealkylation sites (tertiary alicyclic amines) is 1. The number of halogens is 3. The van der Waals surface area contributed by atoms with E-state index in [1.54, 1.807) is 11.2 Å². The van der Waals surface area contributed by atoms with Crippen LogP contribution in [0.4, 0.5) is 13.2 Å². The highest BCUT2D eigenvalue weighted by molar-refractivity contribution is 5.79. The lowest BCUT2D eigenvalue weighted by Crippen LogP contribution is -2.51. The molecule has 2 fully saturated rings. The smallest absolute Gasteiger partial charge is 0.406 e. The van der Waals surface area contributed by atoms with Crippen molar-refractivity contribution in [1.82, 2.24) is 19.7 Å². The van der Waals surface area contributed by atoms with Gasteiger partial charge in [0, 0.05) is 32.0 Å². The van der Waals surface area contributed by atoms with E-state index in [-0.39, 0.29) is 18.1 Å². The number of ether oxygens (including phenoxy) is 1. The molecule has 6 nitrogen and oxygen atoms in total. The van der Waals surface area contributed by atoms with Gasteiger partial charge in [0.25, 0.3) is 0 Å². The van der Waals surface area contributed by atoms with Gasteiger partial charge in [-0.1, -0.05) is 12.1 Å². The molecule has 1 saturated carbocycles. The molecule has 0 radical (unpaired) electrons. The summed E-state index contributed by atoms with van der Waals surface area (Å²) in [6.07, 6.45) is 0.574. The van der Waals surface area contributed by atoms with Crippen LogP contribution in [-0.4, -0.2) is 45.0 Å². The number of carbonyl (C=O) groups excluding carboxylic acids is 1. The van der Waals surface area contributed by atoms with Gasteiger partial charge in [0.1, 0.15) is 17.9 Å². The van der Waals surface area contributed by atoms with Gasteiger partial charge in [-0.3, -0.25) is 4.79 Å². The average Bonchev–Trinajstić information content (AvgIpc) is 3.29. The van der Waals surface area contributed by atoms with Crippen LogP contribution >= 0.6 is 0 Å². The number of rotatable bonds is 7. The lowest BCUT2D eigenvalue weighted by Gasteiger charge is -2.39. The fourth-order valence-corrected chi connectivity index (χ4v) is 3.42. The summed E-state index contributed by atoms with van der Waals surface area (Å²) < 4.78 is 42.5. The van der Waals surface area contributed by atoms with E-state index in [9.17, 15) is 18.0 Å². The Kier molecular flexibility index (Phi) is 4.99. The predicted molar refractivity (Wildman–Crippen MR) is 93.3 cm³/mol. The van der Waals surface area contributed by atoms with Gasteiger partial charge in [-0.15, -0.1) is 23.4 Å². The summed E-state index contributed by atoms with van der Waals surface area (Å²) in [7, 11) is 0. The Bertz CT molecular complexity index is 824. The second-order valence-corrected chi connectivity index (χ2v) is 7.58. The number of alkyl halides is 3. The van der Waals surface area contributed by atoms with Crippen molar-refractivity contribution in [3.8, 4) is 5.75 Å². The molecule has 0 N–H and O–H groups in total. The highest BCUT2D eigenvalue weighted by atomic mass is 19.4. The third-order valence-electron chi connectivity index (χ3n) is 5.14. The van der Waals surface area contributed by atoms with Crippen LogP contribution in [0.2, 0.25) is 0 Å². The molecule has 28 heavy (non-hydrogen) atoms. The van der Waals surface area contributed by atoms with E-state index in [1.165, 1.54) is 37.1 Å². The van der Waals surface area contributed by atoms with Gasteiger partial charge in [0.05, 0.1) is 6.42 Å². The largest absolute Gasteiger partial charge is 0.573 e. The van der Waals surface area contributed by atoms with Crippen molar-refractivity contribution < 1.29 is 22.7 Å². The van der Waals surface area contributed by atoms with Crippen molar-refractivity contribution in [2.24, 2.45) is 11.8 Å². The fraction of sp³-hybridized carbons (Fsp3) is 0.526. The van der Waals surface area contributed by atoms with Crippen molar-refractivity contribution in [3.63, 3.8) is 0 Å². The monoisotopic (exact) mass is 394 g/mol. The fourth-order valence-electron chi connectivity index (χ4n) is 3.42. The summed E-state index contributed by atoms with van der Waals surface area (Å²) in [5, 5.41) is 8.21. The Labute approximate surface area is 160 Å². The second kappa shape index (κ2) is 7.44. The molecule has 2 aliphatic rings. The Morgan fingerprint density at radius 1 is 1.14 bits per heavy atom. The third-order valence-corrected chi connectivity index (χ3v) is 5.14. The highest BCUT2D eigenvalue weighted by Gasteiger charge is 2.33. The zero-order valence-corrected chi connectivity index (χ0v) is 15.2. The number of hydrogen-bond donors (Lipinski definition) is 0. The second-order valence-electron chi connectivity index (χ2n) is 7.58. The molecule has 0 bridgehead atoms. The standard InChI is InChI=1S/C19H21F3N4O2/c20-19(21,22)28-16-5-3-13(4-6-16)8-18(27)25-10-15(11-25)7-17-24-23-12-26(17)9-14-1-2-14/h3-6,12,14-15H,1-2,7-11H2. The lowest BCUT2D eigenvalue weighted by atomic mass is 9.95. The number of benzene rings is 1. The van der Waals surface area contributed by atoms with E-state index in [4.69, 9.17) is 0 Å². The van der Waals surface area contributed by atoms with Crippen molar-refractivity contribution in [1.29, 1.82) is 0 Å². The molecule has 4 rings (SSSR count). The van der Waals surface area contributed by atoms with Gasteiger partial charge in [-0.2, -0.15) is 0 Å². The van der Waals surface area contributed by atoms with Gasteiger partial charge in [0.15, 0.2) is 0 Å². The molecule has 1 saturated heterocycles. The Balaban J connectivity index is 1.23. The van der Waals surface area contributed by atoms with Gasteiger partial charge < -0.3 is 14.2 Å². The minimum Gasteiger partial charge on any atom is -0.406 e. The summed E-state index contributed by atoms with van der Waals surface area (Å²) in [6.45, 7) is 2.32. The molecule has 9 heteroatoms. The lowest BCUT2D eigenvalue weighted by molar-refractivity contribution is -0.274. The van der Waals surface area contributed by atoms with Gasteiger partial charge in [-0.05, 0) is 36.5 Å². The topological polar surface area (TPSA) is 60.2 Å². The minimum atomic E-state index is -4.72. The normalized spacial score (nSPS) is 17.5. The van der Waals surface area contributed by atoms with E-state index in [0.29, 0.717) is 24.6 Å². The summed E-state index contributed by atoms with van der Waals surface area (Å²) in [5.41, 5.74) is 0.659. The van der Waals surface area contributed by atoms with Crippen LogP contribution in [0.5, 0.6) is 5.75 Å². The first-order valence-corrected chi connectivity index (χ1v) is 9.35. The van der Waals surface area contributed by atoms with Crippen LogP contribution in [0.25, 0.3) is 0 Å². The first kappa shape index (κ1) is 18.8. The van der Waals surface area contributed by atoms with E-state index in [0.717, 1.165) is 24.7 Å². The quantitative estimate of drug-likeness (QED) is 0.725. The average molecular weight is 394 g/mol. The maximum atomic E-state index is 12.4. The Hall–Kier alpha value is -2.58. The number of amides is 1. The van der Waals surface area contributed by atoms with E-state index < -0.39 is 6.36 Å². The Morgan fingerprint density at radius 2 is 1.86 bits per heavy atom. The predicted octanol–water partition coefficient (Wildman–Crippen LogP) is 2.83. The zero-order valence-electron chi connectivity index (χ0n) is 15.2. The molecule has 1 amide bonds. The molecular weight excluding hydrogens is 373 g/mol. The maximum absolute atomic E-state index is 12.4. The van der Waals surface area contributed by atoms with E-state index >= 15 is 0 Å². The Morgan fingerprint density at radius 3 is 2.50 bits per heavy atom. The molecular formula is C19H21F3N4O2. The van der Waals surface area contributed by atoms with Crippen LogP contribution in [0.15, 0.2) is 30.6 Å². The van der Waals surface area contributed by atoms with E-state index in [1.807, 2.05) is 0 Å². The molecule has 150 valence electrons. The van der Waals surface area contributed by atoms with Crippen LogP contribution in [0.3, 0.4) is 0 Å². The molecule has 0 spiro atoms. The molecule has 0 atom stereocenters. The number of nitrogens with zero attached hydrogens (tertiary/aromatic N) is 4. The summed E-state index contributed by atoms with van der Waals surface area (Å²) >= 11 is 0. The number of hydrogen-bond acceptors (Lipinski definition) is 4. The van der Waals surface area contributed by atoms with Gasteiger partial charge in [-0.25, -0.2) is 0 Å². The summed E-state index contributed by atoms with van der Waals surface area (Å²) in [6, 6.07) is 5.41. The number of carbonyl (C=O) groups is 1. The molecule has 1 aromatic heterocycles. The third kappa shape index (κ3) is 4.82. The highest BCUT2D eigenvalue weighted by Crippen LogP contribution is 2.31. The molecule has 1 aromatic carbocycles. The molecule has 1 aliphatic heterocycles. The van der Waals surface area contributed by atoms with Crippen molar-refractivity contribution >= 4 is 5.91 Å². The maximum Gasteiger partial charge on any atom is 0.573 e. The molecule has 2 heterocycles. The van der Waals surface area contributed by atoms with E-state index in [2.05, 4.69) is 19.5 Å². The molecule has 0 unspecified atom stereocenters. The van der Waals surface area contributed by atoms with Crippen molar-refractivity contribution in [2.45, 2.75) is 38.6 Å². The van der Waals surface area contributed by atoms with Crippen LogP contribution in [0.1, 0.15) is 24.2 Å². The first-order chi connectivity index (χ1) is 13.4. The van der Waals surface area contributed by atoms with Crippen molar-refractivity contribution in [3.05, 3.63) is 42.0 Å². The summed E-state index contributed by atoms with van der Waals surface area (Å²) in [4.78, 5) is 14.1. The van der Waals surface area contributed by atoms with Crippen LogP contribution in [-0.2, 0) is 24.2 Å². The zero-order chi connectivity index (χ0) is 19.7. The minimum absolute atomic E-state index is 0.0276. The van der Waals surface area contributed by atoms with Crippen LogP contribution < -0.4 is 4.74 Å². The summed E-state index contributed by atoms with van der Waals surface area (Å²) in [5.74, 6) is 1.78. The molecule has 2 aromatic rings. The SMILES string of the molecule is O=C(Cc1ccc(OC(F)(F)F)cc1)N1CC(Cc2nncn2CC2CC2)C1. The van der Waals surface area contributed by atoms with Gasteiger partial charge in [0.2, 0.25) is 5.91 Å². The first-order valence-electron chi connectivity index (χ1n) is 9.35.